The van der Waals surface area contributed by atoms with Gasteiger partial charge in [0.25, 0.3) is 0 Å². The summed E-state index contributed by atoms with van der Waals surface area (Å²) < 4.78 is 5.03. The van der Waals surface area contributed by atoms with Gasteiger partial charge in [0.1, 0.15) is 12.7 Å². The van der Waals surface area contributed by atoms with Crippen molar-refractivity contribution in [2.45, 2.75) is 26.3 Å². The van der Waals surface area contributed by atoms with Crippen molar-refractivity contribution in [2.75, 3.05) is 13.2 Å². The van der Waals surface area contributed by atoms with Crippen LogP contribution in [0.15, 0.2) is 24.5 Å². The maximum atomic E-state index is 10.9. The van der Waals surface area contributed by atoms with E-state index in [0.29, 0.717) is 13.2 Å². The van der Waals surface area contributed by atoms with Crippen LogP contribution in [-0.4, -0.2) is 29.7 Å². The fraction of sp³-hybridized carbons (Fsp3) is 0.583. The van der Waals surface area contributed by atoms with Gasteiger partial charge in [-0.2, -0.15) is 0 Å². The van der Waals surface area contributed by atoms with E-state index in [9.17, 15) is 9.90 Å². The second kappa shape index (κ2) is 4.60. The van der Waals surface area contributed by atoms with Crippen molar-refractivity contribution in [1.29, 1.82) is 0 Å². The predicted octanol–water partition coefficient (Wildman–Crippen LogP) is 1.15. The highest BCUT2D eigenvalue weighted by Gasteiger charge is 2.22. The molecule has 0 saturated carbocycles. The minimum Gasteiger partial charge on any atom is -0.530 e. The summed E-state index contributed by atoms with van der Waals surface area (Å²) in [6, 6.07) is 0. The monoisotopic (exact) mass is 224 g/mol. The van der Waals surface area contributed by atoms with E-state index in [4.69, 9.17) is 4.74 Å². The average molecular weight is 224 g/mol. The van der Waals surface area contributed by atoms with Crippen molar-refractivity contribution in [2.24, 2.45) is 5.92 Å². The Morgan fingerprint density at radius 3 is 2.62 bits per heavy atom. The molecule has 0 aromatic carbocycles. The number of amides is 1. The van der Waals surface area contributed by atoms with Gasteiger partial charge >= 0.3 is 0 Å². The summed E-state index contributed by atoms with van der Waals surface area (Å²) in [5.41, 5.74) is -0.448. The summed E-state index contributed by atoms with van der Waals surface area (Å²) in [5, 5.41) is 10.9. The molecule has 4 heteroatoms. The Kier molecular flexibility index (Phi) is 3.62. The average Bonchev–Trinajstić information content (AvgIpc) is 2.12. The Bertz CT molecular complexity index is 315. The van der Waals surface area contributed by atoms with Crippen LogP contribution in [0.2, 0.25) is 0 Å². The number of carbonyl (C=O) groups excluding carboxylic acids is 1. The zero-order chi connectivity index (χ0) is 12.3. The molecule has 0 spiro atoms. The van der Waals surface area contributed by atoms with E-state index in [1.54, 1.807) is 0 Å². The number of ether oxygens (including phenoxy) is 1. The van der Waals surface area contributed by atoms with Gasteiger partial charge in [-0.15, -0.1) is 0 Å². The number of hydrogen-bond acceptors (Lipinski definition) is 3. The summed E-state index contributed by atoms with van der Waals surface area (Å²) in [4.78, 5) is 12.2. The highest BCUT2D eigenvalue weighted by atomic mass is 16.5. The number of nitrogens with zero attached hydrogens (tertiary/aromatic N) is 1. The van der Waals surface area contributed by atoms with E-state index in [-0.39, 0.29) is 5.92 Å². The van der Waals surface area contributed by atoms with E-state index in [2.05, 4.69) is 6.58 Å². The molecule has 90 valence electrons. The molecule has 0 aromatic heterocycles. The smallest absolute Gasteiger partial charge is 0.137 e. The minimum atomic E-state index is -1.15. The van der Waals surface area contributed by atoms with Crippen LogP contribution in [0.4, 0.5) is 4.79 Å². The molecule has 0 N–H and O–H groups in total. The highest BCUT2D eigenvalue weighted by molar-refractivity contribution is 5.63. The fourth-order valence-electron chi connectivity index (χ4n) is 1.41. The summed E-state index contributed by atoms with van der Waals surface area (Å²) in [6.45, 7) is 10.2. The molecule has 0 bridgehead atoms. The van der Waals surface area contributed by atoms with Gasteiger partial charge in [-0.05, 0) is 20.8 Å². The molecule has 1 amide bonds. The highest BCUT2D eigenvalue weighted by Crippen LogP contribution is 2.23. The lowest BCUT2D eigenvalue weighted by Gasteiger charge is -2.37. The van der Waals surface area contributed by atoms with Crippen molar-refractivity contribution in [3.8, 4) is 0 Å². The van der Waals surface area contributed by atoms with Crippen LogP contribution in [0.5, 0.6) is 0 Å². The standard InChI is InChI=1S/C12H19NO3/c1-9-10(8-16-9)6-5-7-13(11(14)15)12(2,3)4/h5-6,10H,1,7-8H2,2-4H3,(H,14,15)/p-1/t10-/m0/s1. The summed E-state index contributed by atoms with van der Waals surface area (Å²) in [7, 11) is 0. The van der Waals surface area contributed by atoms with E-state index < -0.39 is 11.6 Å². The molecule has 0 aliphatic carbocycles. The van der Waals surface area contributed by atoms with Gasteiger partial charge in [0.05, 0.1) is 11.7 Å². The SMILES string of the molecule is C=C1OC[C@@H]1C=CCN(C(=O)[O-])C(C)(C)C. The second-order valence-electron chi connectivity index (χ2n) is 4.86. The predicted molar refractivity (Wildman–Crippen MR) is 59.6 cm³/mol. The first-order chi connectivity index (χ1) is 7.32. The molecular weight excluding hydrogens is 206 g/mol. The van der Waals surface area contributed by atoms with E-state index in [1.807, 2.05) is 32.9 Å². The van der Waals surface area contributed by atoms with Gasteiger partial charge in [-0.3, -0.25) is 0 Å². The van der Waals surface area contributed by atoms with Gasteiger partial charge in [0.2, 0.25) is 0 Å². The summed E-state index contributed by atoms with van der Waals surface area (Å²) in [5.74, 6) is 0.968. The lowest BCUT2D eigenvalue weighted by molar-refractivity contribution is -0.269. The first kappa shape index (κ1) is 12.6. The molecule has 1 atom stereocenters. The molecule has 1 aliphatic heterocycles. The fourth-order valence-corrected chi connectivity index (χ4v) is 1.41. The van der Waals surface area contributed by atoms with Gasteiger partial charge in [0, 0.05) is 12.1 Å². The normalized spacial score (nSPS) is 20.4. The van der Waals surface area contributed by atoms with Gasteiger partial charge < -0.3 is 19.5 Å². The first-order valence-corrected chi connectivity index (χ1v) is 5.29. The molecule has 0 aromatic rings. The van der Waals surface area contributed by atoms with Crippen LogP contribution in [0.25, 0.3) is 0 Å². The molecule has 1 aliphatic rings. The third kappa shape index (κ3) is 3.02. The third-order valence-corrected chi connectivity index (χ3v) is 2.55. The van der Waals surface area contributed by atoms with Crippen LogP contribution in [0.3, 0.4) is 0 Å². The van der Waals surface area contributed by atoms with E-state index >= 15 is 0 Å². The van der Waals surface area contributed by atoms with Crippen LogP contribution in [0.1, 0.15) is 20.8 Å². The lowest BCUT2D eigenvalue weighted by Crippen LogP contribution is -2.51. The van der Waals surface area contributed by atoms with Crippen LogP contribution in [-0.2, 0) is 4.74 Å². The van der Waals surface area contributed by atoms with Crippen LogP contribution >= 0.6 is 0 Å². The molecule has 0 radical (unpaired) electrons. The van der Waals surface area contributed by atoms with Gasteiger partial charge in [-0.1, -0.05) is 18.7 Å². The van der Waals surface area contributed by atoms with E-state index in [0.717, 1.165) is 5.76 Å². The zero-order valence-electron chi connectivity index (χ0n) is 10.0. The minimum absolute atomic E-state index is 0.226. The third-order valence-electron chi connectivity index (χ3n) is 2.55. The molecule has 1 rings (SSSR count). The second-order valence-corrected chi connectivity index (χ2v) is 4.86. The largest absolute Gasteiger partial charge is 0.530 e. The number of carboxylic acid groups (broad SMARTS) is 1. The number of rotatable bonds is 3. The molecule has 1 heterocycles. The number of carbonyl (C=O) groups is 1. The quantitative estimate of drug-likeness (QED) is 0.676. The first-order valence-electron chi connectivity index (χ1n) is 5.29. The number of hydrogen-bond donors (Lipinski definition) is 0. The van der Waals surface area contributed by atoms with Crippen molar-refractivity contribution in [1.82, 2.24) is 4.90 Å². The maximum absolute atomic E-state index is 10.9. The summed E-state index contributed by atoms with van der Waals surface area (Å²) in [6.07, 6.45) is 2.59. The molecule has 1 fully saturated rings. The molecule has 16 heavy (non-hydrogen) atoms. The van der Waals surface area contributed by atoms with Crippen LogP contribution in [0, 0.1) is 5.92 Å². The van der Waals surface area contributed by atoms with Gasteiger partial charge in [-0.25, -0.2) is 0 Å². The Balaban J connectivity index is 2.50. The zero-order valence-corrected chi connectivity index (χ0v) is 10.0. The van der Waals surface area contributed by atoms with Crippen molar-refractivity contribution >= 4 is 6.09 Å². The molecule has 1 saturated heterocycles. The van der Waals surface area contributed by atoms with Crippen LogP contribution < -0.4 is 5.11 Å². The topological polar surface area (TPSA) is 52.6 Å². The Hall–Kier alpha value is -1.45. The van der Waals surface area contributed by atoms with Gasteiger partial charge in [0.15, 0.2) is 0 Å². The Labute approximate surface area is 96.2 Å². The lowest BCUT2D eigenvalue weighted by atomic mass is 10.0. The molecule has 0 unspecified atom stereocenters. The Morgan fingerprint density at radius 2 is 2.31 bits per heavy atom. The maximum Gasteiger partial charge on any atom is 0.137 e. The van der Waals surface area contributed by atoms with E-state index in [1.165, 1.54) is 4.90 Å². The van der Waals surface area contributed by atoms with Crippen molar-refractivity contribution in [3.05, 3.63) is 24.5 Å². The molecular formula is C12H18NO3-. The van der Waals surface area contributed by atoms with Crippen molar-refractivity contribution in [3.63, 3.8) is 0 Å². The molecule has 4 nitrogen and oxygen atoms in total. The summed E-state index contributed by atoms with van der Waals surface area (Å²) >= 11 is 0. The Morgan fingerprint density at radius 1 is 1.69 bits per heavy atom. The van der Waals surface area contributed by atoms with Crippen molar-refractivity contribution < 1.29 is 14.6 Å².